The number of aliphatic hydroxyl groups excluding tert-OH is 1. The van der Waals surface area contributed by atoms with Crippen LogP contribution >= 0.6 is 11.3 Å². The molecule has 1 aromatic carbocycles. The zero-order valence-corrected chi connectivity index (χ0v) is 14.0. The zero-order chi connectivity index (χ0) is 16.9. The van der Waals surface area contributed by atoms with Gasteiger partial charge in [0.2, 0.25) is 0 Å². The van der Waals surface area contributed by atoms with Crippen LogP contribution in [0.1, 0.15) is 34.7 Å². The van der Waals surface area contributed by atoms with Gasteiger partial charge in [-0.25, -0.2) is 4.98 Å². The molecule has 0 fully saturated rings. The summed E-state index contributed by atoms with van der Waals surface area (Å²) in [6.45, 7) is 1.88. The Hall–Kier alpha value is -2.51. The number of carbonyl (C=O) groups excluding carboxylic acids is 1. The lowest BCUT2D eigenvalue weighted by atomic mass is 10.1. The van der Waals surface area contributed by atoms with Gasteiger partial charge in [-0.05, 0) is 36.9 Å². The Kier molecular flexibility index (Phi) is 5.02. The van der Waals surface area contributed by atoms with Gasteiger partial charge < -0.3 is 10.4 Å². The smallest absolute Gasteiger partial charge is 0.251 e. The van der Waals surface area contributed by atoms with Crippen molar-refractivity contribution in [3.8, 4) is 11.4 Å². The van der Waals surface area contributed by atoms with Crippen LogP contribution in [0.5, 0.6) is 0 Å². The van der Waals surface area contributed by atoms with Crippen LogP contribution in [0.25, 0.3) is 11.4 Å². The first-order chi connectivity index (χ1) is 11.6. The number of aliphatic hydroxyl groups is 1. The van der Waals surface area contributed by atoms with E-state index in [-0.39, 0.29) is 11.9 Å². The molecule has 2 aromatic heterocycles. The molecule has 124 valence electrons. The van der Waals surface area contributed by atoms with E-state index in [2.05, 4.69) is 20.5 Å². The first kappa shape index (κ1) is 16.4. The van der Waals surface area contributed by atoms with E-state index in [1.54, 1.807) is 18.2 Å². The van der Waals surface area contributed by atoms with Crippen molar-refractivity contribution in [2.45, 2.75) is 25.5 Å². The molecule has 0 spiro atoms. The van der Waals surface area contributed by atoms with Gasteiger partial charge in [-0.1, -0.05) is 18.2 Å². The van der Waals surface area contributed by atoms with E-state index >= 15 is 0 Å². The summed E-state index contributed by atoms with van der Waals surface area (Å²) in [5.41, 5.74) is 1.34. The van der Waals surface area contributed by atoms with E-state index in [1.807, 2.05) is 30.5 Å². The third kappa shape index (κ3) is 3.87. The molecule has 7 heteroatoms. The lowest BCUT2D eigenvalue weighted by Crippen LogP contribution is -2.33. The maximum atomic E-state index is 12.4. The predicted molar refractivity (Wildman–Crippen MR) is 92.6 cm³/mol. The van der Waals surface area contributed by atoms with Gasteiger partial charge in [-0.2, -0.15) is 5.10 Å². The first-order valence-corrected chi connectivity index (χ1v) is 8.49. The van der Waals surface area contributed by atoms with E-state index in [1.165, 1.54) is 17.7 Å². The minimum absolute atomic E-state index is 0.150. The van der Waals surface area contributed by atoms with E-state index < -0.39 is 6.10 Å². The normalized spacial score (nSPS) is 13.4. The summed E-state index contributed by atoms with van der Waals surface area (Å²) < 4.78 is 0. The highest BCUT2D eigenvalue weighted by Crippen LogP contribution is 2.23. The van der Waals surface area contributed by atoms with Gasteiger partial charge in [0.15, 0.2) is 5.82 Å². The van der Waals surface area contributed by atoms with E-state index in [0.29, 0.717) is 17.8 Å². The maximum absolute atomic E-state index is 12.4. The number of amides is 1. The Morgan fingerprint density at radius 3 is 2.96 bits per heavy atom. The topological polar surface area (TPSA) is 90.9 Å². The molecule has 2 atom stereocenters. The molecular formula is C17H18N4O2S. The van der Waals surface area contributed by atoms with E-state index in [9.17, 15) is 9.90 Å². The molecule has 0 aliphatic heterocycles. The highest BCUT2D eigenvalue weighted by atomic mass is 32.1. The van der Waals surface area contributed by atoms with Crippen LogP contribution in [0.2, 0.25) is 0 Å². The molecule has 3 aromatic rings. The average Bonchev–Trinajstić information content (AvgIpc) is 3.28. The van der Waals surface area contributed by atoms with Gasteiger partial charge in [0.1, 0.15) is 6.33 Å². The molecule has 0 radical (unpaired) electrons. The number of aromatic amines is 1. The summed E-state index contributed by atoms with van der Waals surface area (Å²) in [5.74, 6) is 0.438. The number of benzene rings is 1. The number of carbonyl (C=O) groups is 1. The monoisotopic (exact) mass is 342 g/mol. The van der Waals surface area contributed by atoms with Crippen molar-refractivity contribution in [3.63, 3.8) is 0 Å². The largest absolute Gasteiger partial charge is 0.387 e. The third-order valence-corrected chi connectivity index (χ3v) is 4.61. The summed E-state index contributed by atoms with van der Waals surface area (Å²) in [7, 11) is 0. The van der Waals surface area contributed by atoms with E-state index in [4.69, 9.17) is 0 Å². The summed E-state index contributed by atoms with van der Waals surface area (Å²) in [6, 6.07) is 10.8. The quantitative estimate of drug-likeness (QED) is 0.642. The Morgan fingerprint density at radius 2 is 2.25 bits per heavy atom. The van der Waals surface area contributed by atoms with Crippen LogP contribution < -0.4 is 5.32 Å². The van der Waals surface area contributed by atoms with Gasteiger partial charge in [-0.3, -0.25) is 9.89 Å². The van der Waals surface area contributed by atoms with Gasteiger partial charge in [0, 0.05) is 22.0 Å². The number of thiophene rings is 1. The summed E-state index contributed by atoms with van der Waals surface area (Å²) >= 11 is 1.51. The lowest BCUT2D eigenvalue weighted by molar-refractivity contribution is 0.0918. The Labute approximate surface area is 143 Å². The molecule has 0 aliphatic carbocycles. The van der Waals surface area contributed by atoms with Crippen molar-refractivity contribution < 1.29 is 9.90 Å². The summed E-state index contributed by atoms with van der Waals surface area (Å²) in [6.07, 6.45) is 1.32. The molecule has 2 unspecified atom stereocenters. The molecule has 24 heavy (non-hydrogen) atoms. The fraction of sp³-hybridized carbons (Fsp3) is 0.235. The minimum atomic E-state index is -0.569. The highest BCUT2D eigenvalue weighted by molar-refractivity contribution is 7.10. The molecule has 0 bridgehead atoms. The van der Waals surface area contributed by atoms with Crippen LogP contribution in [0.3, 0.4) is 0 Å². The number of aromatic nitrogens is 3. The zero-order valence-electron chi connectivity index (χ0n) is 13.1. The van der Waals surface area contributed by atoms with Crippen molar-refractivity contribution in [2.24, 2.45) is 0 Å². The second kappa shape index (κ2) is 7.37. The fourth-order valence-corrected chi connectivity index (χ4v) is 3.17. The molecule has 3 N–H and O–H groups in total. The van der Waals surface area contributed by atoms with Crippen LogP contribution in [0, 0.1) is 0 Å². The van der Waals surface area contributed by atoms with Crippen molar-refractivity contribution in [2.75, 3.05) is 0 Å². The number of rotatable bonds is 6. The maximum Gasteiger partial charge on any atom is 0.251 e. The minimum Gasteiger partial charge on any atom is -0.387 e. The van der Waals surface area contributed by atoms with E-state index in [0.717, 1.165) is 10.4 Å². The second-order valence-electron chi connectivity index (χ2n) is 5.56. The third-order valence-electron chi connectivity index (χ3n) is 3.64. The lowest BCUT2D eigenvalue weighted by Gasteiger charge is -2.17. The second-order valence-corrected chi connectivity index (χ2v) is 6.54. The number of hydrogen-bond donors (Lipinski definition) is 3. The van der Waals surface area contributed by atoms with Crippen molar-refractivity contribution in [3.05, 3.63) is 58.5 Å². The fourth-order valence-electron chi connectivity index (χ4n) is 2.45. The molecule has 6 nitrogen and oxygen atoms in total. The van der Waals surface area contributed by atoms with Gasteiger partial charge in [0.05, 0.1) is 6.10 Å². The Bertz CT molecular complexity index is 787. The molecule has 3 rings (SSSR count). The number of nitrogens with one attached hydrogen (secondary N) is 2. The van der Waals surface area contributed by atoms with Crippen molar-refractivity contribution in [1.29, 1.82) is 0 Å². The predicted octanol–water partition coefficient (Wildman–Crippen LogP) is 2.78. The first-order valence-electron chi connectivity index (χ1n) is 7.61. The Morgan fingerprint density at radius 1 is 1.38 bits per heavy atom. The van der Waals surface area contributed by atoms with Gasteiger partial charge >= 0.3 is 0 Å². The number of hydrogen-bond acceptors (Lipinski definition) is 5. The highest BCUT2D eigenvalue weighted by Gasteiger charge is 2.16. The number of H-pyrrole nitrogens is 1. The van der Waals surface area contributed by atoms with Crippen LogP contribution in [0.15, 0.2) is 48.1 Å². The van der Waals surface area contributed by atoms with Crippen LogP contribution in [-0.4, -0.2) is 32.2 Å². The molecule has 1 amide bonds. The van der Waals surface area contributed by atoms with Crippen molar-refractivity contribution in [1.82, 2.24) is 20.5 Å². The Balaban J connectivity index is 1.63. The van der Waals surface area contributed by atoms with Crippen molar-refractivity contribution >= 4 is 17.2 Å². The molecular weight excluding hydrogens is 324 g/mol. The number of nitrogens with zero attached hydrogens (tertiary/aromatic N) is 2. The SMILES string of the molecule is CC(CC(O)c1cccs1)NC(=O)c1cccc(-c2ncn[nH]2)c1. The van der Waals surface area contributed by atoms with Crippen LogP contribution in [-0.2, 0) is 0 Å². The van der Waals surface area contributed by atoms with Gasteiger partial charge in [0.25, 0.3) is 5.91 Å². The summed E-state index contributed by atoms with van der Waals surface area (Å²) in [5, 5.41) is 21.6. The molecule has 0 saturated heterocycles. The molecule has 2 heterocycles. The van der Waals surface area contributed by atoms with Gasteiger partial charge in [-0.15, -0.1) is 11.3 Å². The summed E-state index contributed by atoms with van der Waals surface area (Å²) in [4.78, 5) is 17.4. The molecule has 0 aliphatic rings. The van der Waals surface area contributed by atoms with Crippen LogP contribution in [0.4, 0.5) is 0 Å². The molecule has 0 saturated carbocycles. The average molecular weight is 342 g/mol. The standard InChI is InChI=1S/C17H18N4O2S/c1-11(8-14(22)15-6-3-7-24-15)20-17(23)13-5-2-4-12(9-13)16-18-10-19-21-16/h2-7,9-11,14,22H,8H2,1H3,(H,20,23)(H,18,19,21).